The molecule has 0 fully saturated rings. The molecular formula is C13H21N5O. The Bertz CT molecular complexity index is 474. The summed E-state index contributed by atoms with van der Waals surface area (Å²) in [6.07, 6.45) is 1.64. The molecule has 0 radical (unpaired) electrons. The second kappa shape index (κ2) is 6.03. The highest BCUT2D eigenvalue weighted by Crippen LogP contribution is 2.25. The Balaban J connectivity index is 2.08. The molecule has 0 aliphatic carbocycles. The largest absolute Gasteiger partial charge is 0.399 e. The average molecular weight is 263 g/mol. The summed E-state index contributed by atoms with van der Waals surface area (Å²) in [5.74, 6) is 10.9. The summed E-state index contributed by atoms with van der Waals surface area (Å²) in [4.78, 5) is 6.74. The lowest BCUT2D eigenvalue weighted by Crippen LogP contribution is -2.27. The van der Waals surface area contributed by atoms with Crippen LogP contribution in [0.2, 0.25) is 0 Å². The summed E-state index contributed by atoms with van der Waals surface area (Å²) in [5, 5.41) is 1.56. The van der Waals surface area contributed by atoms with Gasteiger partial charge >= 0.3 is 0 Å². The summed E-state index contributed by atoms with van der Waals surface area (Å²) in [5.41, 5.74) is 10.2. The maximum absolute atomic E-state index is 5.93. The van der Waals surface area contributed by atoms with Gasteiger partial charge < -0.3 is 10.7 Å². The molecule has 6 heteroatoms. The molecule has 0 saturated carbocycles. The Morgan fingerprint density at radius 3 is 3.00 bits per heavy atom. The number of benzene rings is 1. The van der Waals surface area contributed by atoms with Gasteiger partial charge in [-0.2, -0.15) is 0 Å². The molecule has 104 valence electrons. The van der Waals surface area contributed by atoms with Crippen LogP contribution in [0.3, 0.4) is 0 Å². The van der Waals surface area contributed by atoms with E-state index in [1.807, 2.05) is 0 Å². The van der Waals surface area contributed by atoms with Gasteiger partial charge in [0.15, 0.2) is 0 Å². The molecule has 1 aliphatic rings. The maximum Gasteiger partial charge on any atom is 0.109 e. The summed E-state index contributed by atoms with van der Waals surface area (Å²) in [6, 6.07) is 6.33. The average Bonchev–Trinajstić information content (AvgIpc) is 2.70. The molecule has 1 aliphatic heterocycles. The Hall–Kier alpha value is -1.60. The minimum absolute atomic E-state index is 0.170. The SMILES string of the molecule is CN1Cc2cccc(CN(N)/C=C(\N)CON)c2C1. The first-order valence-electron chi connectivity index (χ1n) is 6.17. The number of hydrazine groups is 1. The first-order chi connectivity index (χ1) is 9.10. The topological polar surface area (TPSA) is 93.8 Å². The summed E-state index contributed by atoms with van der Waals surface area (Å²) >= 11 is 0. The van der Waals surface area contributed by atoms with E-state index in [1.54, 1.807) is 11.2 Å². The third kappa shape index (κ3) is 3.45. The molecule has 2 rings (SSSR count). The molecule has 0 atom stereocenters. The van der Waals surface area contributed by atoms with Crippen LogP contribution in [-0.2, 0) is 24.5 Å². The maximum atomic E-state index is 5.93. The molecule has 1 aromatic carbocycles. The van der Waals surface area contributed by atoms with Gasteiger partial charge in [-0.1, -0.05) is 18.2 Å². The van der Waals surface area contributed by atoms with Gasteiger partial charge in [-0.05, 0) is 23.7 Å². The molecular weight excluding hydrogens is 242 g/mol. The Morgan fingerprint density at radius 2 is 2.26 bits per heavy atom. The van der Waals surface area contributed by atoms with E-state index in [1.165, 1.54) is 16.7 Å². The van der Waals surface area contributed by atoms with Crippen LogP contribution in [0.25, 0.3) is 0 Å². The predicted octanol–water partition coefficient (Wildman–Crippen LogP) is -0.00190. The van der Waals surface area contributed by atoms with Gasteiger partial charge in [-0.15, -0.1) is 0 Å². The zero-order valence-corrected chi connectivity index (χ0v) is 11.2. The zero-order valence-electron chi connectivity index (χ0n) is 11.2. The highest BCUT2D eigenvalue weighted by atomic mass is 16.6. The molecule has 1 aromatic rings. The highest BCUT2D eigenvalue weighted by molar-refractivity contribution is 5.37. The summed E-state index contributed by atoms with van der Waals surface area (Å²) in [7, 11) is 2.11. The molecule has 0 unspecified atom stereocenters. The van der Waals surface area contributed by atoms with Crippen molar-refractivity contribution in [1.82, 2.24) is 9.91 Å². The summed E-state index contributed by atoms with van der Waals surface area (Å²) < 4.78 is 0. The predicted molar refractivity (Wildman–Crippen MR) is 73.8 cm³/mol. The van der Waals surface area contributed by atoms with E-state index in [4.69, 9.17) is 17.5 Å². The summed E-state index contributed by atoms with van der Waals surface area (Å²) in [6.45, 7) is 2.74. The van der Waals surface area contributed by atoms with E-state index in [-0.39, 0.29) is 6.61 Å². The number of rotatable bonds is 5. The van der Waals surface area contributed by atoms with Crippen LogP contribution in [0, 0.1) is 0 Å². The lowest BCUT2D eigenvalue weighted by atomic mass is 10.0. The minimum Gasteiger partial charge on any atom is -0.399 e. The lowest BCUT2D eigenvalue weighted by Gasteiger charge is -2.17. The van der Waals surface area contributed by atoms with Crippen LogP contribution in [-0.4, -0.2) is 23.6 Å². The van der Waals surface area contributed by atoms with E-state index in [2.05, 4.69) is 35.0 Å². The van der Waals surface area contributed by atoms with E-state index < -0.39 is 0 Å². The van der Waals surface area contributed by atoms with Crippen LogP contribution in [0.4, 0.5) is 0 Å². The molecule has 0 bridgehead atoms. The van der Waals surface area contributed by atoms with Crippen molar-refractivity contribution in [2.75, 3.05) is 13.7 Å². The molecule has 1 heterocycles. The first-order valence-corrected chi connectivity index (χ1v) is 6.17. The third-order valence-corrected chi connectivity index (χ3v) is 3.17. The standard InChI is InChI=1S/C13H21N5O/c1-17-5-10-3-2-4-11(13(10)8-17)6-18(15)7-12(14)9-19-16/h2-4,7H,5-6,8-9,14-16H2,1H3/b12-7-. The Morgan fingerprint density at radius 1 is 1.47 bits per heavy atom. The Labute approximate surface area is 113 Å². The molecule has 0 saturated heterocycles. The van der Waals surface area contributed by atoms with Crippen molar-refractivity contribution in [3.63, 3.8) is 0 Å². The third-order valence-electron chi connectivity index (χ3n) is 3.17. The zero-order chi connectivity index (χ0) is 13.8. The van der Waals surface area contributed by atoms with Crippen molar-refractivity contribution < 1.29 is 4.84 Å². The van der Waals surface area contributed by atoms with Crippen molar-refractivity contribution >= 4 is 0 Å². The molecule has 6 nitrogen and oxygen atoms in total. The molecule has 0 spiro atoms. The lowest BCUT2D eigenvalue weighted by molar-refractivity contribution is 0.158. The smallest absolute Gasteiger partial charge is 0.109 e. The van der Waals surface area contributed by atoms with Crippen molar-refractivity contribution in [2.45, 2.75) is 19.6 Å². The van der Waals surface area contributed by atoms with E-state index in [0.717, 1.165) is 13.1 Å². The quantitative estimate of drug-likeness (QED) is 0.511. The molecule has 6 N–H and O–H groups in total. The second-order valence-corrected chi connectivity index (χ2v) is 4.91. The van der Waals surface area contributed by atoms with Gasteiger partial charge in [-0.3, -0.25) is 9.74 Å². The molecule has 19 heavy (non-hydrogen) atoms. The van der Waals surface area contributed by atoms with Crippen molar-refractivity contribution in [1.29, 1.82) is 0 Å². The van der Waals surface area contributed by atoms with Crippen LogP contribution >= 0.6 is 0 Å². The van der Waals surface area contributed by atoms with Crippen LogP contribution in [0.1, 0.15) is 16.7 Å². The number of fused-ring (bicyclic) bond motifs is 1. The van der Waals surface area contributed by atoms with E-state index in [0.29, 0.717) is 12.2 Å². The highest BCUT2D eigenvalue weighted by Gasteiger charge is 2.18. The van der Waals surface area contributed by atoms with E-state index >= 15 is 0 Å². The van der Waals surface area contributed by atoms with Gasteiger partial charge in [0, 0.05) is 19.3 Å². The van der Waals surface area contributed by atoms with Gasteiger partial charge in [0.25, 0.3) is 0 Å². The molecule has 0 aromatic heterocycles. The molecule has 0 amide bonds. The van der Waals surface area contributed by atoms with Crippen molar-refractivity contribution in [3.8, 4) is 0 Å². The number of nitrogens with zero attached hydrogens (tertiary/aromatic N) is 2. The van der Waals surface area contributed by atoms with Crippen LogP contribution < -0.4 is 17.5 Å². The van der Waals surface area contributed by atoms with Gasteiger partial charge in [0.1, 0.15) is 6.61 Å². The van der Waals surface area contributed by atoms with Crippen LogP contribution in [0.15, 0.2) is 30.1 Å². The minimum atomic E-state index is 0.170. The second-order valence-electron chi connectivity index (χ2n) is 4.91. The fourth-order valence-electron chi connectivity index (χ4n) is 2.39. The Kier molecular flexibility index (Phi) is 4.39. The van der Waals surface area contributed by atoms with E-state index in [9.17, 15) is 0 Å². The number of hydrogen-bond donors (Lipinski definition) is 3. The van der Waals surface area contributed by atoms with Crippen molar-refractivity contribution in [2.24, 2.45) is 17.5 Å². The van der Waals surface area contributed by atoms with Crippen molar-refractivity contribution in [3.05, 3.63) is 46.8 Å². The normalized spacial score (nSPS) is 15.6. The first kappa shape index (κ1) is 13.8. The van der Waals surface area contributed by atoms with Gasteiger partial charge in [-0.25, -0.2) is 11.7 Å². The van der Waals surface area contributed by atoms with Gasteiger partial charge in [0.05, 0.1) is 12.2 Å². The number of hydrogen-bond acceptors (Lipinski definition) is 6. The van der Waals surface area contributed by atoms with Crippen LogP contribution in [0.5, 0.6) is 0 Å². The fraction of sp³-hybridized carbons (Fsp3) is 0.385. The van der Waals surface area contributed by atoms with Gasteiger partial charge in [0.2, 0.25) is 0 Å². The number of nitrogens with two attached hydrogens (primary N) is 3. The fourth-order valence-corrected chi connectivity index (χ4v) is 2.39. The monoisotopic (exact) mass is 263 g/mol.